The molecule has 6 nitrogen and oxygen atoms in total. The fraction of sp³-hybridized carbons (Fsp3) is 0.643. The number of nitrogens with zero attached hydrogens (tertiary/aromatic N) is 2. The monoisotopic (exact) mass is 279 g/mol. The molecule has 0 aromatic carbocycles. The molecule has 0 spiro atoms. The molecule has 2 atom stereocenters. The Hall–Kier alpha value is -1.85. The van der Waals surface area contributed by atoms with Crippen molar-refractivity contribution in [3.8, 4) is 0 Å². The van der Waals surface area contributed by atoms with E-state index >= 15 is 0 Å². The van der Waals surface area contributed by atoms with Gasteiger partial charge in [-0.15, -0.1) is 0 Å². The third-order valence-electron chi connectivity index (χ3n) is 3.58. The van der Waals surface area contributed by atoms with Crippen molar-refractivity contribution >= 4 is 11.8 Å². The second kappa shape index (κ2) is 6.07. The number of carbonyl (C=O) groups is 2. The quantitative estimate of drug-likeness (QED) is 0.880. The molecule has 1 N–H and O–H groups in total. The van der Waals surface area contributed by atoms with E-state index in [0.717, 1.165) is 18.6 Å². The molecule has 2 unspecified atom stereocenters. The number of aryl methyl sites for hydroxylation is 1. The highest BCUT2D eigenvalue weighted by Crippen LogP contribution is 2.17. The molecule has 0 aliphatic carbocycles. The highest BCUT2D eigenvalue weighted by atomic mass is 16.4. The smallest absolute Gasteiger partial charge is 0.246 e. The number of hydrogen-bond acceptors (Lipinski definition) is 4. The van der Waals surface area contributed by atoms with Crippen molar-refractivity contribution in [2.75, 3.05) is 0 Å². The lowest BCUT2D eigenvalue weighted by molar-refractivity contribution is -0.149. The maximum absolute atomic E-state index is 12.4. The zero-order chi connectivity index (χ0) is 14.7. The van der Waals surface area contributed by atoms with E-state index in [2.05, 4.69) is 10.3 Å². The van der Waals surface area contributed by atoms with Crippen LogP contribution in [0.1, 0.15) is 45.3 Å². The molecule has 1 aromatic rings. The average molecular weight is 279 g/mol. The van der Waals surface area contributed by atoms with E-state index in [-0.39, 0.29) is 18.4 Å². The number of hydrogen-bond donors (Lipinski definition) is 1. The molecule has 1 fully saturated rings. The van der Waals surface area contributed by atoms with Gasteiger partial charge in [0.05, 0.1) is 12.7 Å². The second-order valence-electron chi connectivity index (χ2n) is 5.07. The van der Waals surface area contributed by atoms with E-state index in [0.29, 0.717) is 12.3 Å². The summed E-state index contributed by atoms with van der Waals surface area (Å²) in [4.78, 5) is 30.0. The van der Waals surface area contributed by atoms with E-state index in [9.17, 15) is 9.59 Å². The van der Waals surface area contributed by atoms with Crippen LogP contribution in [-0.2, 0) is 22.6 Å². The van der Waals surface area contributed by atoms with Crippen molar-refractivity contribution in [1.29, 1.82) is 0 Å². The average Bonchev–Trinajstić information content (AvgIpc) is 2.89. The summed E-state index contributed by atoms with van der Waals surface area (Å²) in [6.45, 7) is 5.93. The van der Waals surface area contributed by atoms with Crippen LogP contribution in [0, 0.1) is 0 Å². The zero-order valence-electron chi connectivity index (χ0n) is 12.2. The van der Waals surface area contributed by atoms with Crippen LogP contribution in [0.4, 0.5) is 0 Å². The maximum Gasteiger partial charge on any atom is 0.246 e. The van der Waals surface area contributed by atoms with E-state index in [1.807, 2.05) is 13.8 Å². The molecule has 110 valence electrons. The molecular formula is C14H21N3O3. The standard InChI is InChI=1S/C14H21N3O3/c1-4-6-11-14(19)17(9(3)13(18)16-11)8-12-15-7-10(5-2)20-12/h7,9,11H,4-6,8H2,1-3H3,(H,16,18). The minimum Gasteiger partial charge on any atom is -0.444 e. The number of amides is 2. The minimum atomic E-state index is -0.493. The molecule has 1 aliphatic rings. The lowest BCUT2D eigenvalue weighted by atomic mass is 10.0. The first-order valence-electron chi connectivity index (χ1n) is 7.11. The number of aromatic nitrogens is 1. The predicted molar refractivity (Wildman–Crippen MR) is 72.7 cm³/mol. The van der Waals surface area contributed by atoms with Crippen molar-refractivity contribution < 1.29 is 14.0 Å². The Morgan fingerprint density at radius 1 is 1.40 bits per heavy atom. The SMILES string of the molecule is CCCC1NC(=O)C(C)N(Cc2ncc(CC)o2)C1=O. The van der Waals surface area contributed by atoms with Gasteiger partial charge in [-0.1, -0.05) is 20.3 Å². The van der Waals surface area contributed by atoms with E-state index < -0.39 is 12.1 Å². The molecule has 6 heteroatoms. The number of piperazine rings is 1. The van der Waals surface area contributed by atoms with Gasteiger partial charge in [0.15, 0.2) is 0 Å². The summed E-state index contributed by atoms with van der Waals surface area (Å²) in [7, 11) is 0. The van der Waals surface area contributed by atoms with Crippen LogP contribution in [-0.4, -0.2) is 33.8 Å². The Bertz CT molecular complexity index is 498. The van der Waals surface area contributed by atoms with Crippen LogP contribution < -0.4 is 5.32 Å². The number of nitrogens with one attached hydrogen (secondary N) is 1. The van der Waals surface area contributed by atoms with Crippen LogP contribution in [0.25, 0.3) is 0 Å². The van der Waals surface area contributed by atoms with Crippen LogP contribution in [0.3, 0.4) is 0 Å². The minimum absolute atomic E-state index is 0.0600. The van der Waals surface area contributed by atoms with Crippen LogP contribution >= 0.6 is 0 Å². The lowest BCUT2D eigenvalue weighted by Crippen LogP contribution is -2.61. The Balaban J connectivity index is 2.14. The van der Waals surface area contributed by atoms with Crippen molar-refractivity contribution in [3.05, 3.63) is 17.8 Å². The van der Waals surface area contributed by atoms with Gasteiger partial charge < -0.3 is 14.6 Å². The first-order chi connectivity index (χ1) is 9.56. The Kier molecular flexibility index (Phi) is 4.42. The largest absolute Gasteiger partial charge is 0.444 e. The number of carbonyl (C=O) groups excluding carboxylic acids is 2. The maximum atomic E-state index is 12.4. The number of oxazole rings is 1. The first kappa shape index (κ1) is 14.6. The Labute approximate surface area is 118 Å². The number of rotatable bonds is 5. The van der Waals surface area contributed by atoms with Gasteiger partial charge in [-0.25, -0.2) is 4.98 Å². The van der Waals surface area contributed by atoms with Crippen LogP contribution in [0.15, 0.2) is 10.6 Å². The van der Waals surface area contributed by atoms with Crippen molar-refractivity contribution in [2.45, 2.75) is 58.7 Å². The van der Waals surface area contributed by atoms with Gasteiger partial charge in [-0.2, -0.15) is 0 Å². The summed E-state index contributed by atoms with van der Waals surface area (Å²) >= 11 is 0. The van der Waals surface area contributed by atoms with Crippen molar-refractivity contribution in [1.82, 2.24) is 15.2 Å². The molecule has 20 heavy (non-hydrogen) atoms. The van der Waals surface area contributed by atoms with Crippen molar-refractivity contribution in [2.24, 2.45) is 0 Å². The van der Waals surface area contributed by atoms with Gasteiger partial charge in [0.25, 0.3) is 0 Å². The fourth-order valence-corrected chi connectivity index (χ4v) is 2.32. The van der Waals surface area contributed by atoms with Gasteiger partial charge in [0.1, 0.15) is 17.8 Å². The summed E-state index contributed by atoms with van der Waals surface area (Å²) in [6, 6.07) is -0.920. The predicted octanol–water partition coefficient (Wildman–Crippen LogP) is 1.25. The van der Waals surface area contributed by atoms with E-state index in [4.69, 9.17) is 4.42 Å². The summed E-state index contributed by atoms with van der Waals surface area (Å²) in [5.74, 6) is 1.08. The van der Waals surface area contributed by atoms with Gasteiger partial charge in [0, 0.05) is 6.42 Å². The van der Waals surface area contributed by atoms with Crippen LogP contribution in [0.2, 0.25) is 0 Å². The molecule has 2 amide bonds. The molecule has 1 saturated heterocycles. The third kappa shape index (κ3) is 2.84. The molecule has 0 radical (unpaired) electrons. The molecule has 0 saturated carbocycles. The highest BCUT2D eigenvalue weighted by Gasteiger charge is 2.38. The Morgan fingerprint density at radius 3 is 2.75 bits per heavy atom. The van der Waals surface area contributed by atoms with Crippen molar-refractivity contribution in [3.63, 3.8) is 0 Å². The third-order valence-corrected chi connectivity index (χ3v) is 3.58. The summed E-state index contributed by atoms with van der Waals surface area (Å²) in [5, 5.41) is 2.77. The molecule has 2 heterocycles. The summed E-state index contributed by atoms with van der Waals surface area (Å²) < 4.78 is 5.53. The molecular weight excluding hydrogens is 258 g/mol. The molecule has 2 rings (SSSR count). The zero-order valence-corrected chi connectivity index (χ0v) is 12.2. The highest BCUT2D eigenvalue weighted by molar-refractivity contribution is 5.96. The second-order valence-corrected chi connectivity index (χ2v) is 5.07. The van der Waals surface area contributed by atoms with Gasteiger partial charge >= 0.3 is 0 Å². The lowest BCUT2D eigenvalue weighted by Gasteiger charge is -2.36. The first-order valence-corrected chi connectivity index (χ1v) is 7.11. The summed E-state index contributed by atoms with van der Waals surface area (Å²) in [5.41, 5.74) is 0. The van der Waals surface area contributed by atoms with Gasteiger partial charge in [0.2, 0.25) is 17.7 Å². The van der Waals surface area contributed by atoms with E-state index in [1.54, 1.807) is 18.0 Å². The molecule has 1 aromatic heterocycles. The Morgan fingerprint density at radius 2 is 2.15 bits per heavy atom. The normalized spacial score (nSPS) is 23.1. The van der Waals surface area contributed by atoms with Gasteiger partial charge in [-0.3, -0.25) is 9.59 Å². The topological polar surface area (TPSA) is 75.4 Å². The van der Waals surface area contributed by atoms with Gasteiger partial charge in [-0.05, 0) is 13.3 Å². The summed E-state index contributed by atoms with van der Waals surface area (Å²) in [6.07, 6.45) is 3.92. The van der Waals surface area contributed by atoms with Crippen LogP contribution in [0.5, 0.6) is 0 Å². The fourth-order valence-electron chi connectivity index (χ4n) is 2.32. The molecule has 0 bridgehead atoms. The molecule has 1 aliphatic heterocycles. The van der Waals surface area contributed by atoms with E-state index in [1.165, 1.54) is 0 Å².